The molecule has 2 aromatic carbocycles. The van der Waals surface area contributed by atoms with Crippen LogP contribution in [0.3, 0.4) is 0 Å². The molecule has 1 aliphatic rings. The number of ether oxygens (including phenoxy) is 2. The lowest BCUT2D eigenvalue weighted by Crippen LogP contribution is -2.31. The van der Waals surface area contributed by atoms with Crippen LogP contribution in [0.25, 0.3) is 0 Å². The van der Waals surface area contributed by atoms with Gasteiger partial charge in [-0.1, -0.05) is 18.9 Å². The second-order valence-electron chi connectivity index (χ2n) is 7.55. The molecule has 1 heterocycles. The number of hydrogen-bond acceptors (Lipinski definition) is 5. The lowest BCUT2D eigenvalue weighted by atomic mass is 10.1. The topological polar surface area (TPSA) is 79.9 Å². The summed E-state index contributed by atoms with van der Waals surface area (Å²) in [7, 11) is 1.62. The smallest absolute Gasteiger partial charge is 0.253 e. The number of nitrogens with zero attached hydrogens (tertiary/aromatic N) is 1. The molecule has 0 aliphatic carbocycles. The van der Waals surface area contributed by atoms with E-state index >= 15 is 0 Å². The second kappa shape index (κ2) is 12.0. The average molecular weight is 426 g/mol. The number of anilines is 2. The van der Waals surface area contributed by atoms with Gasteiger partial charge in [-0.25, -0.2) is 0 Å². The van der Waals surface area contributed by atoms with Gasteiger partial charge in [-0.3, -0.25) is 9.59 Å². The van der Waals surface area contributed by atoms with E-state index in [0.717, 1.165) is 31.6 Å². The quantitative estimate of drug-likeness (QED) is 0.598. The number of nitrogens with one attached hydrogen (secondary N) is 2. The molecule has 1 saturated heterocycles. The number of carbonyl (C=O) groups is 2. The molecule has 0 unspecified atom stereocenters. The van der Waals surface area contributed by atoms with Crippen molar-refractivity contribution in [3.05, 3.63) is 54.1 Å². The van der Waals surface area contributed by atoms with Crippen LogP contribution in [0, 0.1) is 0 Å². The number of methoxy groups -OCH3 is 1. The molecule has 1 aliphatic heterocycles. The van der Waals surface area contributed by atoms with Gasteiger partial charge in [-0.05, 0) is 49.2 Å². The summed E-state index contributed by atoms with van der Waals surface area (Å²) in [4.78, 5) is 26.9. The first-order valence-corrected chi connectivity index (χ1v) is 10.8. The fraction of sp³-hybridized carbons (Fsp3) is 0.417. The molecule has 0 radical (unpaired) electrons. The van der Waals surface area contributed by atoms with Crippen molar-refractivity contribution in [3.8, 4) is 5.75 Å². The lowest BCUT2D eigenvalue weighted by Gasteiger charge is -2.20. The first kappa shape index (κ1) is 22.6. The fourth-order valence-corrected chi connectivity index (χ4v) is 3.48. The number of rotatable bonds is 9. The fourth-order valence-electron chi connectivity index (χ4n) is 3.48. The van der Waals surface area contributed by atoms with Crippen molar-refractivity contribution in [1.29, 1.82) is 0 Å². The molecule has 2 N–H and O–H groups in total. The van der Waals surface area contributed by atoms with Crippen molar-refractivity contribution in [3.63, 3.8) is 0 Å². The van der Waals surface area contributed by atoms with E-state index in [1.807, 2.05) is 47.4 Å². The third kappa shape index (κ3) is 7.29. The summed E-state index contributed by atoms with van der Waals surface area (Å²) in [5, 5.41) is 5.94. The zero-order valence-corrected chi connectivity index (χ0v) is 18.1. The summed E-state index contributed by atoms with van der Waals surface area (Å²) in [5.74, 6) is 0.588. The monoisotopic (exact) mass is 425 g/mol. The molecule has 0 atom stereocenters. The largest absolute Gasteiger partial charge is 0.491 e. The minimum absolute atomic E-state index is 0.0822. The van der Waals surface area contributed by atoms with Gasteiger partial charge in [0.15, 0.2) is 0 Å². The van der Waals surface area contributed by atoms with E-state index in [-0.39, 0.29) is 18.4 Å². The SMILES string of the molecule is COCCOc1cccc(NC(=O)CNc2ccc(C(=O)N3CCCCCC3)cc2)c1. The molecule has 166 valence electrons. The number of hydrogen-bond donors (Lipinski definition) is 2. The predicted molar refractivity (Wildman–Crippen MR) is 122 cm³/mol. The number of amides is 2. The normalized spacial score (nSPS) is 13.9. The van der Waals surface area contributed by atoms with Gasteiger partial charge < -0.3 is 25.0 Å². The van der Waals surface area contributed by atoms with Gasteiger partial charge in [0, 0.05) is 43.2 Å². The van der Waals surface area contributed by atoms with E-state index < -0.39 is 0 Å². The zero-order valence-electron chi connectivity index (χ0n) is 18.1. The number of carbonyl (C=O) groups excluding carboxylic acids is 2. The third-order valence-corrected chi connectivity index (χ3v) is 5.15. The molecule has 2 amide bonds. The van der Waals surface area contributed by atoms with Gasteiger partial charge in [0.05, 0.1) is 13.2 Å². The molecule has 2 aromatic rings. The van der Waals surface area contributed by atoms with Gasteiger partial charge in [-0.15, -0.1) is 0 Å². The maximum atomic E-state index is 12.7. The van der Waals surface area contributed by atoms with Crippen molar-refractivity contribution in [2.75, 3.05) is 50.6 Å². The first-order chi connectivity index (χ1) is 15.2. The van der Waals surface area contributed by atoms with E-state index in [1.54, 1.807) is 13.2 Å². The Morgan fingerprint density at radius 2 is 1.68 bits per heavy atom. The van der Waals surface area contributed by atoms with Gasteiger partial charge in [0.2, 0.25) is 5.91 Å². The molecule has 0 spiro atoms. The summed E-state index contributed by atoms with van der Waals surface area (Å²) in [5.41, 5.74) is 2.14. The Labute approximate surface area is 183 Å². The second-order valence-corrected chi connectivity index (χ2v) is 7.55. The van der Waals surface area contributed by atoms with Crippen LogP contribution >= 0.6 is 0 Å². The molecule has 3 rings (SSSR count). The highest BCUT2D eigenvalue weighted by Gasteiger charge is 2.17. The predicted octanol–water partition coefficient (Wildman–Crippen LogP) is 3.78. The van der Waals surface area contributed by atoms with Crippen molar-refractivity contribution < 1.29 is 19.1 Å². The van der Waals surface area contributed by atoms with Crippen LogP contribution in [-0.4, -0.2) is 56.7 Å². The standard InChI is InChI=1S/C24H31N3O4/c1-30-15-16-31-22-8-6-7-21(17-22)26-23(28)18-25-20-11-9-19(10-12-20)24(29)27-13-4-2-3-5-14-27/h6-12,17,25H,2-5,13-16,18H2,1H3,(H,26,28). The molecule has 1 fully saturated rings. The Hall–Kier alpha value is -3.06. The number of likely N-dealkylation sites (tertiary alicyclic amines) is 1. The third-order valence-electron chi connectivity index (χ3n) is 5.15. The van der Waals surface area contributed by atoms with Crippen LogP contribution in [-0.2, 0) is 9.53 Å². The highest BCUT2D eigenvalue weighted by Crippen LogP contribution is 2.18. The van der Waals surface area contributed by atoms with E-state index in [9.17, 15) is 9.59 Å². The maximum Gasteiger partial charge on any atom is 0.253 e. The maximum absolute atomic E-state index is 12.7. The summed E-state index contributed by atoms with van der Waals surface area (Å²) in [6.45, 7) is 2.73. The zero-order chi connectivity index (χ0) is 21.9. The van der Waals surface area contributed by atoms with Gasteiger partial charge in [-0.2, -0.15) is 0 Å². The van der Waals surface area contributed by atoms with Crippen molar-refractivity contribution in [1.82, 2.24) is 4.90 Å². The summed E-state index contributed by atoms with van der Waals surface area (Å²) in [6, 6.07) is 14.5. The summed E-state index contributed by atoms with van der Waals surface area (Å²) >= 11 is 0. The van der Waals surface area contributed by atoms with Crippen molar-refractivity contribution >= 4 is 23.2 Å². The molecule has 0 bridgehead atoms. The van der Waals surface area contributed by atoms with Crippen LogP contribution in [0.15, 0.2) is 48.5 Å². The molecule has 31 heavy (non-hydrogen) atoms. The Balaban J connectivity index is 1.47. The Morgan fingerprint density at radius 1 is 0.935 bits per heavy atom. The van der Waals surface area contributed by atoms with E-state index in [0.29, 0.717) is 30.2 Å². The Morgan fingerprint density at radius 3 is 2.39 bits per heavy atom. The van der Waals surface area contributed by atoms with Crippen LogP contribution in [0.2, 0.25) is 0 Å². The molecule has 0 saturated carbocycles. The van der Waals surface area contributed by atoms with Crippen LogP contribution < -0.4 is 15.4 Å². The summed E-state index contributed by atoms with van der Waals surface area (Å²) in [6.07, 6.45) is 4.53. The van der Waals surface area contributed by atoms with Crippen molar-refractivity contribution in [2.24, 2.45) is 0 Å². The van der Waals surface area contributed by atoms with E-state index in [2.05, 4.69) is 10.6 Å². The Kier molecular flexibility index (Phi) is 8.72. The summed E-state index contributed by atoms with van der Waals surface area (Å²) < 4.78 is 10.5. The molecule has 7 nitrogen and oxygen atoms in total. The van der Waals surface area contributed by atoms with Gasteiger partial charge in [0.25, 0.3) is 5.91 Å². The first-order valence-electron chi connectivity index (χ1n) is 10.8. The Bertz CT molecular complexity index is 846. The highest BCUT2D eigenvalue weighted by molar-refractivity contribution is 5.95. The van der Waals surface area contributed by atoms with Crippen LogP contribution in [0.4, 0.5) is 11.4 Å². The van der Waals surface area contributed by atoms with Gasteiger partial charge >= 0.3 is 0 Å². The van der Waals surface area contributed by atoms with E-state index in [4.69, 9.17) is 9.47 Å². The molecular formula is C24H31N3O4. The van der Waals surface area contributed by atoms with E-state index in [1.165, 1.54) is 12.8 Å². The molecular weight excluding hydrogens is 394 g/mol. The molecule has 7 heteroatoms. The highest BCUT2D eigenvalue weighted by atomic mass is 16.5. The minimum atomic E-state index is -0.168. The average Bonchev–Trinajstić information content (AvgIpc) is 3.08. The van der Waals surface area contributed by atoms with Crippen molar-refractivity contribution in [2.45, 2.75) is 25.7 Å². The number of benzene rings is 2. The van der Waals surface area contributed by atoms with Crippen LogP contribution in [0.5, 0.6) is 5.75 Å². The van der Waals surface area contributed by atoms with Gasteiger partial charge in [0.1, 0.15) is 12.4 Å². The molecule has 0 aromatic heterocycles. The minimum Gasteiger partial charge on any atom is -0.491 e. The van der Waals surface area contributed by atoms with Crippen LogP contribution in [0.1, 0.15) is 36.0 Å². The lowest BCUT2D eigenvalue weighted by molar-refractivity contribution is -0.114.